The highest BCUT2D eigenvalue weighted by Crippen LogP contribution is 2.38. The Labute approximate surface area is 240 Å². The second kappa shape index (κ2) is 14.4. The van der Waals surface area contributed by atoms with E-state index in [9.17, 15) is 14.0 Å². The molecule has 0 aliphatic heterocycles. The summed E-state index contributed by atoms with van der Waals surface area (Å²) in [6.45, 7) is 12.2. The Kier molecular flexibility index (Phi) is 11.0. The Bertz CT molecular complexity index is 1370. The minimum absolute atomic E-state index is 0.0248. The summed E-state index contributed by atoms with van der Waals surface area (Å²) in [6, 6.07) is 2.82. The predicted molar refractivity (Wildman–Crippen MR) is 159 cm³/mol. The summed E-state index contributed by atoms with van der Waals surface area (Å²) >= 11 is 0. The molecular weight excluding hydrogens is 526 g/mol. The lowest BCUT2D eigenvalue weighted by atomic mass is 9.99. The summed E-state index contributed by atoms with van der Waals surface area (Å²) in [7, 11) is 1.57. The van der Waals surface area contributed by atoms with Crippen molar-refractivity contribution in [3.05, 3.63) is 77.3 Å². The van der Waals surface area contributed by atoms with E-state index in [0.29, 0.717) is 62.4 Å². The Morgan fingerprint density at radius 1 is 1.22 bits per heavy atom. The molecule has 0 aromatic carbocycles. The minimum Gasteiger partial charge on any atom is -0.357 e. The number of halogens is 2. The first-order valence-electron chi connectivity index (χ1n) is 13.7. The van der Waals surface area contributed by atoms with Crippen LogP contribution in [0.25, 0.3) is 5.57 Å². The van der Waals surface area contributed by atoms with E-state index in [1.54, 1.807) is 32.3 Å². The summed E-state index contributed by atoms with van der Waals surface area (Å²) in [5, 5.41) is 2.68. The lowest BCUT2D eigenvalue weighted by Crippen LogP contribution is -2.45. The van der Waals surface area contributed by atoms with E-state index < -0.39 is 11.6 Å². The molecule has 1 aliphatic rings. The number of carbonyl (C=O) groups is 2. The van der Waals surface area contributed by atoms with E-state index in [0.717, 1.165) is 5.56 Å². The number of allylic oxidation sites excluding steroid dienone is 4. The number of pyridine rings is 2. The molecule has 0 bridgehead atoms. The second-order valence-corrected chi connectivity index (χ2v) is 10.1. The summed E-state index contributed by atoms with van der Waals surface area (Å²) in [5.74, 6) is -0.842. The third-order valence-corrected chi connectivity index (χ3v) is 6.97. The predicted octanol–water partition coefficient (Wildman–Crippen LogP) is 5.76. The van der Waals surface area contributed by atoms with Crippen molar-refractivity contribution in [2.24, 2.45) is 4.99 Å². The fraction of sp³-hybridized carbons (Fsp3) is 0.387. The lowest BCUT2D eigenvalue weighted by Gasteiger charge is -2.34. The van der Waals surface area contributed by atoms with Gasteiger partial charge in [0.1, 0.15) is 23.2 Å². The third-order valence-electron chi connectivity index (χ3n) is 6.97. The first-order chi connectivity index (χ1) is 19.7. The van der Waals surface area contributed by atoms with Crippen LogP contribution >= 0.6 is 0 Å². The zero-order valence-corrected chi connectivity index (χ0v) is 24.3. The number of aromatic nitrogens is 2. The van der Waals surface area contributed by atoms with Crippen molar-refractivity contribution in [2.75, 3.05) is 25.0 Å². The number of amidine groups is 1. The van der Waals surface area contributed by atoms with Crippen LogP contribution in [0.1, 0.15) is 68.5 Å². The van der Waals surface area contributed by atoms with Gasteiger partial charge in [-0.25, -0.2) is 13.8 Å². The minimum atomic E-state index is -0.748. The van der Waals surface area contributed by atoms with Gasteiger partial charge in [0.25, 0.3) is 0 Å². The van der Waals surface area contributed by atoms with Gasteiger partial charge in [0.15, 0.2) is 5.82 Å². The van der Waals surface area contributed by atoms with Crippen LogP contribution in [0, 0.1) is 12.7 Å². The molecule has 10 heteroatoms. The molecule has 0 saturated heterocycles. The third kappa shape index (κ3) is 6.93. The maximum absolute atomic E-state index is 15.9. The average molecular weight is 565 g/mol. The Morgan fingerprint density at radius 3 is 2.56 bits per heavy atom. The maximum atomic E-state index is 15.9. The van der Waals surface area contributed by atoms with Crippen molar-refractivity contribution < 1.29 is 18.4 Å². The number of rotatable bonds is 13. The van der Waals surface area contributed by atoms with Gasteiger partial charge in [-0.2, -0.15) is 0 Å². The molecule has 0 radical (unpaired) electrons. The summed E-state index contributed by atoms with van der Waals surface area (Å²) in [4.78, 5) is 40.7. The van der Waals surface area contributed by atoms with Crippen LogP contribution < -0.4 is 10.2 Å². The molecule has 1 unspecified atom stereocenters. The van der Waals surface area contributed by atoms with Crippen LogP contribution in [0.15, 0.2) is 54.0 Å². The van der Waals surface area contributed by atoms with E-state index in [1.165, 1.54) is 17.0 Å². The van der Waals surface area contributed by atoms with Gasteiger partial charge in [0.2, 0.25) is 12.8 Å². The number of aliphatic imine (C=N–C) groups is 1. The van der Waals surface area contributed by atoms with Crippen LogP contribution in [0.4, 0.5) is 20.3 Å². The zero-order valence-electron chi connectivity index (χ0n) is 24.3. The number of amides is 2. The molecule has 0 saturated carbocycles. The molecule has 218 valence electrons. The molecule has 1 N–H and O–H groups in total. The van der Waals surface area contributed by atoms with Gasteiger partial charge >= 0.3 is 0 Å². The number of nitrogens with one attached hydrogen (secondary N) is 1. The van der Waals surface area contributed by atoms with Gasteiger partial charge in [-0.1, -0.05) is 26.0 Å². The van der Waals surface area contributed by atoms with Crippen molar-refractivity contribution in [3.63, 3.8) is 0 Å². The first-order valence-corrected chi connectivity index (χ1v) is 13.7. The van der Waals surface area contributed by atoms with Crippen LogP contribution in [0.2, 0.25) is 0 Å². The molecule has 0 fully saturated rings. The van der Waals surface area contributed by atoms with Gasteiger partial charge in [0, 0.05) is 37.9 Å². The van der Waals surface area contributed by atoms with Crippen LogP contribution in [-0.2, 0) is 9.59 Å². The molecular formula is C31H38F2N6O2. The lowest BCUT2D eigenvalue weighted by molar-refractivity contribution is -0.109. The molecule has 3 rings (SSSR count). The Hall–Kier alpha value is -4.21. The number of nitrogens with zero attached hydrogens (tertiary/aromatic N) is 5. The van der Waals surface area contributed by atoms with Gasteiger partial charge < -0.3 is 10.2 Å². The Morgan fingerprint density at radius 2 is 1.95 bits per heavy atom. The first kappa shape index (κ1) is 31.3. The van der Waals surface area contributed by atoms with Crippen molar-refractivity contribution >= 4 is 35.7 Å². The molecule has 2 aromatic heterocycles. The van der Waals surface area contributed by atoms with Crippen LogP contribution in [0.5, 0.6) is 0 Å². The van der Waals surface area contributed by atoms with Gasteiger partial charge in [-0.15, -0.1) is 6.58 Å². The molecule has 2 heterocycles. The molecule has 2 amide bonds. The fourth-order valence-corrected chi connectivity index (χ4v) is 4.94. The van der Waals surface area contributed by atoms with Crippen LogP contribution in [-0.4, -0.2) is 59.7 Å². The summed E-state index contributed by atoms with van der Waals surface area (Å²) in [6.07, 6.45) is 9.29. The molecule has 0 spiro atoms. The van der Waals surface area contributed by atoms with E-state index in [-0.39, 0.29) is 34.6 Å². The van der Waals surface area contributed by atoms with Crippen molar-refractivity contribution in [3.8, 4) is 0 Å². The van der Waals surface area contributed by atoms with Crippen molar-refractivity contribution in [2.45, 2.75) is 58.9 Å². The molecule has 1 atom stereocenters. The van der Waals surface area contributed by atoms with Crippen LogP contribution in [0.3, 0.4) is 0 Å². The van der Waals surface area contributed by atoms with Gasteiger partial charge in [-0.3, -0.25) is 24.5 Å². The second-order valence-electron chi connectivity index (χ2n) is 10.1. The van der Waals surface area contributed by atoms with Crippen molar-refractivity contribution in [1.29, 1.82) is 0 Å². The highest BCUT2D eigenvalue weighted by Gasteiger charge is 2.30. The smallest absolute Gasteiger partial charge is 0.219 e. The molecule has 2 aromatic rings. The SMILES string of the molecule is C=CCCN(/C(=N/C)c1cc(F)c(C2=CCCC=C2F)nc1N(C=O)c1c(C(C)C)ccnc1C)C(C)CNC=O. The van der Waals surface area contributed by atoms with E-state index in [2.05, 4.69) is 26.9 Å². The molecule has 41 heavy (non-hydrogen) atoms. The number of aryl methyl sites for hydroxylation is 1. The van der Waals surface area contributed by atoms with Gasteiger partial charge in [0.05, 0.1) is 16.9 Å². The highest BCUT2D eigenvalue weighted by atomic mass is 19.1. The summed E-state index contributed by atoms with van der Waals surface area (Å²) in [5.41, 5.74) is 2.02. The zero-order chi connectivity index (χ0) is 30.1. The highest BCUT2D eigenvalue weighted by molar-refractivity contribution is 6.06. The maximum Gasteiger partial charge on any atom is 0.219 e. The molecule has 8 nitrogen and oxygen atoms in total. The number of hydrogen-bond donors (Lipinski definition) is 1. The van der Waals surface area contributed by atoms with Gasteiger partial charge in [-0.05, 0) is 62.8 Å². The Balaban J connectivity index is 2.36. The topological polar surface area (TPSA) is 90.8 Å². The number of hydrogen-bond acceptors (Lipinski definition) is 5. The molecule has 1 aliphatic carbocycles. The number of anilines is 2. The quantitative estimate of drug-likeness (QED) is 0.145. The van der Waals surface area contributed by atoms with E-state index in [4.69, 9.17) is 0 Å². The van der Waals surface area contributed by atoms with E-state index >= 15 is 4.39 Å². The van der Waals surface area contributed by atoms with Crippen molar-refractivity contribution in [1.82, 2.24) is 20.2 Å². The monoisotopic (exact) mass is 564 g/mol. The summed E-state index contributed by atoms with van der Waals surface area (Å²) < 4.78 is 30.8. The standard InChI is InChI=1S/C31H38F2N6O2/c1-7-8-15-38(21(4)17-35-18-40)30(34-6)25-16-27(33)28(24-11-9-10-12-26(24)32)37-31(25)39(19-41)29-22(5)36-14-13-23(29)20(2)3/h7,11-14,16,18-21H,1,8-10,15,17H2,2-6H3,(H,35,40)/b34-30+. The average Bonchev–Trinajstić information content (AvgIpc) is 2.96. The van der Waals surface area contributed by atoms with E-state index in [1.807, 2.05) is 31.7 Å². The number of carbonyl (C=O) groups excluding carboxylic acids is 2. The largest absolute Gasteiger partial charge is 0.357 e. The fourth-order valence-electron chi connectivity index (χ4n) is 4.94. The normalized spacial score (nSPS) is 14.2.